The molecule has 0 saturated heterocycles. The van der Waals surface area contributed by atoms with Crippen molar-refractivity contribution >= 4 is 11.6 Å². The standard InChI is InChI=1S/C21H18N2O5/c24-19-11-10-17(23(26)27)12-16(19)13-22-21(25)14-28-20-9-5-4-8-18(20)15-6-2-1-3-7-15/h1-12,24H,13-14H2,(H,22,25)/p-1. The highest BCUT2D eigenvalue weighted by Crippen LogP contribution is 2.29. The first kappa shape index (κ1) is 18.9. The van der Waals surface area contributed by atoms with E-state index >= 15 is 0 Å². The van der Waals surface area contributed by atoms with Crippen LogP contribution in [0.5, 0.6) is 11.5 Å². The first-order chi connectivity index (χ1) is 13.5. The van der Waals surface area contributed by atoms with Gasteiger partial charge >= 0.3 is 0 Å². The van der Waals surface area contributed by atoms with Crippen LogP contribution in [0.1, 0.15) is 5.56 Å². The highest BCUT2D eigenvalue weighted by atomic mass is 16.6. The van der Waals surface area contributed by atoms with Gasteiger partial charge in [-0.2, -0.15) is 0 Å². The summed E-state index contributed by atoms with van der Waals surface area (Å²) in [4.78, 5) is 22.3. The fraction of sp³-hybridized carbons (Fsp3) is 0.0952. The Balaban J connectivity index is 1.62. The number of hydrogen-bond acceptors (Lipinski definition) is 5. The predicted octanol–water partition coefficient (Wildman–Crippen LogP) is 3.03. The Morgan fingerprint density at radius 1 is 1.00 bits per heavy atom. The fourth-order valence-electron chi connectivity index (χ4n) is 2.65. The maximum Gasteiger partial charge on any atom is 0.269 e. The Morgan fingerprint density at radius 2 is 1.71 bits per heavy atom. The normalized spacial score (nSPS) is 10.3. The molecular formula is C21H17N2O5-. The number of ether oxygens (including phenoxy) is 1. The monoisotopic (exact) mass is 377 g/mol. The summed E-state index contributed by atoms with van der Waals surface area (Å²) in [6.07, 6.45) is 0. The Bertz CT molecular complexity index is 989. The molecule has 0 aliphatic carbocycles. The number of amides is 1. The Kier molecular flexibility index (Phi) is 5.86. The van der Waals surface area contributed by atoms with E-state index in [1.165, 1.54) is 0 Å². The van der Waals surface area contributed by atoms with Crippen LogP contribution in [0, 0.1) is 10.1 Å². The SMILES string of the molecule is O=C(COc1ccccc1-c1ccccc1)NCc1cc([N+](=O)[O-])ccc1[O-]. The zero-order valence-electron chi connectivity index (χ0n) is 14.8. The molecule has 0 aliphatic rings. The Morgan fingerprint density at radius 3 is 2.46 bits per heavy atom. The molecular weight excluding hydrogens is 360 g/mol. The summed E-state index contributed by atoms with van der Waals surface area (Å²) >= 11 is 0. The second-order valence-electron chi connectivity index (χ2n) is 5.98. The second-order valence-corrected chi connectivity index (χ2v) is 5.98. The van der Waals surface area contributed by atoms with Crippen molar-refractivity contribution in [3.8, 4) is 22.6 Å². The molecule has 142 valence electrons. The van der Waals surface area contributed by atoms with E-state index in [2.05, 4.69) is 5.32 Å². The number of carbonyl (C=O) groups is 1. The lowest BCUT2D eigenvalue weighted by molar-refractivity contribution is -0.385. The first-order valence-corrected chi connectivity index (χ1v) is 8.53. The van der Waals surface area contributed by atoms with Gasteiger partial charge in [0, 0.05) is 24.2 Å². The van der Waals surface area contributed by atoms with E-state index in [-0.39, 0.29) is 30.2 Å². The highest BCUT2D eigenvalue weighted by Gasteiger charge is 2.10. The molecule has 0 bridgehead atoms. The van der Waals surface area contributed by atoms with Crippen LogP contribution in [0.15, 0.2) is 72.8 Å². The van der Waals surface area contributed by atoms with Crippen LogP contribution >= 0.6 is 0 Å². The van der Waals surface area contributed by atoms with Gasteiger partial charge in [-0.25, -0.2) is 0 Å². The van der Waals surface area contributed by atoms with Gasteiger partial charge in [0.1, 0.15) is 5.75 Å². The van der Waals surface area contributed by atoms with E-state index in [9.17, 15) is 20.0 Å². The second kappa shape index (κ2) is 8.68. The lowest BCUT2D eigenvalue weighted by Crippen LogP contribution is -2.28. The van der Waals surface area contributed by atoms with Crippen LogP contribution in [0.2, 0.25) is 0 Å². The van der Waals surface area contributed by atoms with Crippen molar-refractivity contribution < 1.29 is 19.6 Å². The molecule has 0 aliphatic heterocycles. The zero-order valence-corrected chi connectivity index (χ0v) is 14.8. The minimum Gasteiger partial charge on any atom is -0.872 e. The number of non-ortho nitro benzene ring substituents is 1. The lowest BCUT2D eigenvalue weighted by Gasteiger charge is -2.14. The third-order valence-electron chi connectivity index (χ3n) is 4.06. The largest absolute Gasteiger partial charge is 0.872 e. The predicted molar refractivity (Wildman–Crippen MR) is 102 cm³/mol. The summed E-state index contributed by atoms with van der Waals surface area (Å²) < 4.78 is 5.64. The summed E-state index contributed by atoms with van der Waals surface area (Å²) in [7, 11) is 0. The van der Waals surface area contributed by atoms with Gasteiger partial charge in [0.15, 0.2) is 6.61 Å². The first-order valence-electron chi connectivity index (χ1n) is 8.53. The van der Waals surface area contributed by atoms with Crippen LogP contribution in [-0.4, -0.2) is 17.4 Å². The van der Waals surface area contributed by atoms with E-state index in [4.69, 9.17) is 4.74 Å². The summed E-state index contributed by atoms with van der Waals surface area (Å²) in [5.74, 6) is -0.251. The number of nitro groups is 1. The highest BCUT2D eigenvalue weighted by molar-refractivity contribution is 5.78. The van der Waals surface area contributed by atoms with Crippen molar-refractivity contribution in [2.24, 2.45) is 0 Å². The van der Waals surface area contributed by atoms with Gasteiger partial charge in [0.05, 0.1) is 4.92 Å². The number of rotatable bonds is 7. The van der Waals surface area contributed by atoms with E-state index in [1.54, 1.807) is 6.07 Å². The van der Waals surface area contributed by atoms with Gasteiger partial charge in [-0.1, -0.05) is 54.6 Å². The maximum atomic E-state index is 12.1. The average molecular weight is 377 g/mol. The molecule has 1 amide bonds. The van der Waals surface area contributed by atoms with Crippen LogP contribution in [-0.2, 0) is 11.3 Å². The summed E-state index contributed by atoms with van der Waals surface area (Å²) in [5, 5.41) is 25.1. The summed E-state index contributed by atoms with van der Waals surface area (Å²) in [5.41, 5.74) is 1.77. The smallest absolute Gasteiger partial charge is 0.269 e. The molecule has 3 aromatic carbocycles. The minimum absolute atomic E-state index is 0.108. The van der Waals surface area contributed by atoms with Crippen LogP contribution in [0.25, 0.3) is 11.1 Å². The summed E-state index contributed by atoms with van der Waals surface area (Å²) in [6, 6.07) is 20.4. The van der Waals surface area contributed by atoms with Crippen molar-refractivity contribution in [1.29, 1.82) is 0 Å². The molecule has 0 radical (unpaired) electrons. The molecule has 7 heteroatoms. The van der Waals surface area contributed by atoms with Crippen molar-refractivity contribution in [2.75, 3.05) is 6.61 Å². The lowest BCUT2D eigenvalue weighted by atomic mass is 10.1. The molecule has 3 rings (SSSR count). The topological polar surface area (TPSA) is 105 Å². The molecule has 0 heterocycles. The number of nitro benzene ring substituents is 1. The molecule has 1 N–H and O–H groups in total. The van der Waals surface area contributed by atoms with Gasteiger partial charge in [-0.05, 0) is 17.2 Å². The van der Waals surface area contributed by atoms with Crippen LogP contribution in [0.3, 0.4) is 0 Å². The molecule has 7 nitrogen and oxygen atoms in total. The molecule has 28 heavy (non-hydrogen) atoms. The number of para-hydroxylation sites is 1. The molecule has 0 fully saturated rings. The molecule has 0 unspecified atom stereocenters. The van der Waals surface area contributed by atoms with Crippen LogP contribution in [0.4, 0.5) is 5.69 Å². The van der Waals surface area contributed by atoms with Crippen LogP contribution < -0.4 is 15.2 Å². The quantitative estimate of drug-likeness (QED) is 0.503. The fourth-order valence-corrected chi connectivity index (χ4v) is 2.65. The number of nitrogens with one attached hydrogen (secondary N) is 1. The molecule has 0 atom stereocenters. The van der Waals surface area contributed by atoms with E-state index in [0.717, 1.165) is 29.3 Å². The van der Waals surface area contributed by atoms with Crippen molar-refractivity contribution in [3.05, 3.63) is 88.5 Å². The zero-order chi connectivity index (χ0) is 19.9. The van der Waals surface area contributed by atoms with E-state index in [0.29, 0.717) is 5.75 Å². The molecule has 3 aromatic rings. The molecule has 0 saturated carbocycles. The number of nitrogens with zero attached hydrogens (tertiary/aromatic N) is 1. The number of carbonyl (C=O) groups excluding carboxylic acids is 1. The van der Waals surface area contributed by atoms with Gasteiger partial charge < -0.3 is 15.2 Å². The van der Waals surface area contributed by atoms with E-state index < -0.39 is 10.8 Å². The number of benzene rings is 3. The maximum absolute atomic E-state index is 12.1. The number of hydrogen-bond donors (Lipinski definition) is 1. The van der Waals surface area contributed by atoms with Gasteiger partial charge in [0.25, 0.3) is 11.6 Å². The molecule has 0 aromatic heterocycles. The Hall–Kier alpha value is -3.87. The van der Waals surface area contributed by atoms with Crippen molar-refractivity contribution in [2.45, 2.75) is 6.54 Å². The third-order valence-corrected chi connectivity index (χ3v) is 4.06. The van der Waals surface area contributed by atoms with Gasteiger partial charge in [0.2, 0.25) is 0 Å². The Labute approximate surface area is 161 Å². The molecule has 0 spiro atoms. The average Bonchev–Trinajstić information content (AvgIpc) is 2.72. The van der Waals surface area contributed by atoms with Crippen molar-refractivity contribution in [3.63, 3.8) is 0 Å². The third kappa shape index (κ3) is 4.64. The van der Waals surface area contributed by atoms with E-state index in [1.807, 2.05) is 48.5 Å². The van der Waals surface area contributed by atoms with Crippen molar-refractivity contribution in [1.82, 2.24) is 5.32 Å². The minimum atomic E-state index is -0.589. The summed E-state index contributed by atoms with van der Waals surface area (Å²) in [6.45, 7) is -0.351. The van der Waals surface area contributed by atoms with Gasteiger partial charge in [-0.15, -0.1) is 5.75 Å². The van der Waals surface area contributed by atoms with Gasteiger partial charge in [-0.3, -0.25) is 14.9 Å².